The molecule has 0 bridgehead atoms. The van der Waals surface area contributed by atoms with Crippen LogP contribution in [0.2, 0.25) is 0 Å². The number of nitriles is 1. The summed E-state index contributed by atoms with van der Waals surface area (Å²) in [6.45, 7) is 3.66. The minimum Gasteiger partial charge on any atom is -0.187 e. The molecule has 0 heterocycles. The molecule has 2 heteroatoms. The van der Waals surface area contributed by atoms with Crippen molar-refractivity contribution in [2.45, 2.75) is 19.3 Å². The van der Waals surface area contributed by atoms with Crippen molar-refractivity contribution in [3.8, 4) is 5.40 Å². The predicted octanol–water partition coefficient (Wildman–Crippen LogP) is 2.89. The third-order valence-electron chi connectivity index (χ3n) is 1.56. The van der Waals surface area contributed by atoms with Crippen LogP contribution in [0.3, 0.4) is 0 Å². The third-order valence-corrected chi connectivity index (χ3v) is 3.36. The molecule has 0 aromatic heterocycles. The summed E-state index contributed by atoms with van der Waals surface area (Å²) in [6.07, 6.45) is 9.51. The average molecular weight is 171 g/mol. The van der Waals surface area contributed by atoms with Gasteiger partial charge < -0.3 is 0 Å². The first kappa shape index (κ1) is 10.6. The Morgan fingerprint density at radius 2 is 2.09 bits per heavy atom. The number of unbranched alkanes of at least 4 members (excludes halogenated alkanes) is 2. The van der Waals surface area contributed by atoms with E-state index >= 15 is 0 Å². The molecular weight excluding hydrogens is 154 g/mol. The minimum atomic E-state index is -0.929. The summed E-state index contributed by atoms with van der Waals surface area (Å²) in [5, 5.41) is 11.1. The summed E-state index contributed by atoms with van der Waals surface area (Å²) in [5.41, 5.74) is 0. The zero-order valence-electron chi connectivity index (χ0n) is 7.47. The van der Waals surface area contributed by atoms with Gasteiger partial charge >= 0.3 is 0 Å². The van der Waals surface area contributed by atoms with Gasteiger partial charge in [0.2, 0.25) is 0 Å². The Labute approximate surface area is 71.4 Å². The van der Waals surface area contributed by atoms with Crippen LogP contribution >= 0.6 is 10.0 Å². The Kier molecular flexibility index (Phi) is 5.06. The molecule has 0 aromatic carbocycles. The fraction of sp³-hybridized carbons (Fsp3) is 0.667. The minimum absolute atomic E-state index is 0.929. The first-order valence-electron chi connectivity index (χ1n) is 3.85. The molecule has 0 fully saturated rings. The largest absolute Gasteiger partial charge is 0.187 e. The summed E-state index contributed by atoms with van der Waals surface area (Å²) >= 11 is 0. The standard InChI is InChI=1S/C9H17NS/c1-4-5-6-7-8-11(2,3)9-10/h4H,1,5-8H2,2-3H3. The Balaban J connectivity index is 3.39. The number of hydrogen-bond acceptors (Lipinski definition) is 1. The molecule has 0 aliphatic carbocycles. The van der Waals surface area contributed by atoms with E-state index < -0.39 is 10.0 Å². The maximum atomic E-state index is 8.72. The van der Waals surface area contributed by atoms with Crippen molar-refractivity contribution in [2.75, 3.05) is 18.3 Å². The lowest BCUT2D eigenvalue weighted by atomic mass is 10.2. The summed E-state index contributed by atoms with van der Waals surface area (Å²) in [4.78, 5) is 0. The summed E-state index contributed by atoms with van der Waals surface area (Å²) in [5.74, 6) is 1.08. The SMILES string of the molecule is C=CCCCCS(C)(C)C#N. The Morgan fingerprint density at radius 3 is 2.55 bits per heavy atom. The average Bonchev–Trinajstić information content (AvgIpc) is 1.99. The van der Waals surface area contributed by atoms with Crippen molar-refractivity contribution in [3.63, 3.8) is 0 Å². The topological polar surface area (TPSA) is 23.8 Å². The van der Waals surface area contributed by atoms with Crippen molar-refractivity contribution in [1.29, 1.82) is 5.26 Å². The van der Waals surface area contributed by atoms with E-state index in [1.165, 1.54) is 12.8 Å². The highest BCUT2D eigenvalue weighted by atomic mass is 32.3. The zero-order valence-corrected chi connectivity index (χ0v) is 8.28. The molecule has 0 saturated carbocycles. The van der Waals surface area contributed by atoms with E-state index in [2.05, 4.69) is 24.5 Å². The van der Waals surface area contributed by atoms with Crippen LogP contribution in [0.1, 0.15) is 19.3 Å². The molecule has 0 N–H and O–H groups in total. The van der Waals surface area contributed by atoms with Crippen molar-refractivity contribution in [1.82, 2.24) is 0 Å². The van der Waals surface area contributed by atoms with Gasteiger partial charge in [-0.1, -0.05) is 6.08 Å². The molecule has 0 unspecified atom stereocenters. The number of hydrogen-bond donors (Lipinski definition) is 0. The third kappa shape index (κ3) is 6.00. The maximum absolute atomic E-state index is 8.72. The molecule has 1 nitrogen and oxygen atoms in total. The smallest absolute Gasteiger partial charge is 0.112 e. The second-order valence-corrected chi connectivity index (χ2v) is 6.79. The summed E-state index contributed by atoms with van der Waals surface area (Å²) in [6, 6.07) is 0. The van der Waals surface area contributed by atoms with Gasteiger partial charge in [0.1, 0.15) is 5.40 Å². The first-order chi connectivity index (χ1) is 5.12. The van der Waals surface area contributed by atoms with Crippen molar-refractivity contribution in [3.05, 3.63) is 12.7 Å². The predicted molar refractivity (Wildman–Crippen MR) is 54.0 cm³/mol. The quantitative estimate of drug-likeness (QED) is 0.354. The van der Waals surface area contributed by atoms with Crippen LogP contribution < -0.4 is 0 Å². The maximum Gasteiger partial charge on any atom is 0.112 e. The normalized spacial score (nSPS) is 12.1. The Hall–Kier alpha value is -0.420. The fourth-order valence-corrected chi connectivity index (χ4v) is 1.81. The van der Waals surface area contributed by atoms with Gasteiger partial charge in [0.15, 0.2) is 0 Å². The van der Waals surface area contributed by atoms with Gasteiger partial charge in [-0.2, -0.15) is 15.3 Å². The molecule has 0 rings (SSSR count). The van der Waals surface area contributed by atoms with E-state index in [-0.39, 0.29) is 0 Å². The summed E-state index contributed by atoms with van der Waals surface area (Å²) < 4.78 is 0. The Bertz CT molecular complexity index is 155. The molecule has 0 aliphatic rings. The highest BCUT2D eigenvalue weighted by Crippen LogP contribution is 2.38. The van der Waals surface area contributed by atoms with E-state index in [0.29, 0.717) is 0 Å². The van der Waals surface area contributed by atoms with Gasteiger partial charge in [0.25, 0.3) is 0 Å². The number of nitrogens with zero attached hydrogens (tertiary/aromatic N) is 1. The molecule has 0 amide bonds. The fourth-order valence-electron chi connectivity index (χ4n) is 0.797. The van der Waals surface area contributed by atoms with E-state index in [4.69, 9.17) is 5.26 Å². The molecule has 0 saturated heterocycles. The second-order valence-electron chi connectivity index (χ2n) is 3.12. The number of rotatable bonds is 5. The summed E-state index contributed by atoms with van der Waals surface area (Å²) in [7, 11) is -0.929. The van der Waals surface area contributed by atoms with Crippen LogP contribution in [0.25, 0.3) is 0 Å². The van der Waals surface area contributed by atoms with Gasteiger partial charge in [-0.25, -0.2) is 0 Å². The molecular formula is C9H17NS. The van der Waals surface area contributed by atoms with E-state index in [9.17, 15) is 0 Å². The second kappa shape index (κ2) is 5.26. The van der Waals surface area contributed by atoms with Crippen molar-refractivity contribution >= 4 is 10.0 Å². The molecule has 0 spiro atoms. The highest BCUT2D eigenvalue weighted by Gasteiger charge is 2.07. The molecule has 0 atom stereocenters. The highest BCUT2D eigenvalue weighted by molar-refractivity contribution is 8.36. The van der Waals surface area contributed by atoms with E-state index in [0.717, 1.165) is 12.2 Å². The van der Waals surface area contributed by atoms with Crippen LogP contribution in [0.15, 0.2) is 12.7 Å². The molecule has 0 radical (unpaired) electrons. The first-order valence-corrected chi connectivity index (χ1v) is 6.47. The monoisotopic (exact) mass is 171 g/mol. The number of thiocyanates is 1. The van der Waals surface area contributed by atoms with Crippen molar-refractivity contribution in [2.24, 2.45) is 0 Å². The lowest BCUT2D eigenvalue weighted by Gasteiger charge is -2.20. The van der Waals surface area contributed by atoms with Gasteiger partial charge in [0.05, 0.1) is 0 Å². The Morgan fingerprint density at radius 1 is 1.45 bits per heavy atom. The van der Waals surface area contributed by atoms with Crippen LogP contribution in [0.5, 0.6) is 0 Å². The van der Waals surface area contributed by atoms with Crippen LogP contribution in [0, 0.1) is 10.7 Å². The van der Waals surface area contributed by atoms with Gasteiger partial charge in [0, 0.05) is 0 Å². The van der Waals surface area contributed by atoms with E-state index in [1.54, 1.807) is 0 Å². The molecule has 11 heavy (non-hydrogen) atoms. The lowest BCUT2D eigenvalue weighted by Crippen LogP contribution is -1.97. The van der Waals surface area contributed by atoms with Crippen LogP contribution in [0.4, 0.5) is 0 Å². The van der Waals surface area contributed by atoms with Gasteiger partial charge in [-0.05, 0) is 37.5 Å². The number of allylic oxidation sites excluding steroid dienone is 1. The van der Waals surface area contributed by atoms with Gasteiger partial charge in [-0.3, -0.25) is 0 Å². The molecule has 0 aromatic rings. The van der Waals surface area contributed by atoms with Crippen LogP contribution in [-0.2, 0) is 0 Å². The lowest BCUT2D eigenvalue weighted by molar-refractivity contribution is 0.822. The van der Waals surface area contributed by atoms with Gasteiger partial charge in [-0.15, -0.1) is 6.58 Å². The van der Waals surface area contributed by atoms with E-state index in [1.807, 2.05) is 6.08 Å². The molecule has 0 aliphatic heterocycles. The molecule has 64 valence electrons. The van der Waals surface area contributed by atoms with Crippen molar-refractivity contribution < 1.29 is 0 Å². The zero-order chi connectivity index (χ0) is 8.74. The van der Waals surface area contributed by atoms with Crippen LogP contribution in [-0.4, -0.2) is 18.3 Å².